The lowest BCUT2D eigenvalue weighted by molar-refractivity contribution is -0.148. The first-order valence-corrected chi connectivity index (χ1v) is 7.50. The van der Waals surface area contributed by atoms with Crippen molar-refractivity contribution in [2.45, 2.75) is 58.8 Å². The molecule has 4 heteroatoms. The fraction of sp³-hybridized carbons (Fsp3) is 0.867. The second-order valence-corrected chi connectivity index (χ2v) is 5.90. The maximum Gasteiger partial charge on any atom is 0.306 e. The molecule has 0 aromatic heterocycles. The molecule has 0 aliphatic heterocycles. The first-order chi connectivity index (χ1) is 9.08. The lowest BCUT2D eigenvalue weighted by Crippen LogP contribution is -2.33. The summed E-state index contributed by atoms with van der Waals surface area (Å²) in [5.41, 5.74) is 0. The van der Waals surface area contributed by atoms with Crippen molar-refractivity contribution >= 4 is 11.9 Å². The maximum absolute atomic E-state index is 11.5. The van der Waals surface area contributed by atoms with Gasteiger partial charge in [0.1, 0.15) is 0 Å². The molecule has 0 saturated heterocycles. The maximum atomic E-state index is 11.5. The van der Waals surface area contributed by atoms with Crippen LogP contribution in [-0.4, -0.2) is 25.0 Å². The number of hydrogen-bond acceptors (Lipinski definition) is 3. The lowest BCUT2D eigenvalue weighted by Gasteiger charge is -2.21. The Balaban J connectivity index is 2.05. The highest BCUT2D eigenvalue weighted by atomic mass is 16.5. The number of esters is 1. The van der Waals surface area contributed by atoms with Crippen LogP contribution in [0.15, 0.2) is 0 Å². The Kier molecular flexibility index (Phi) is 7.53. The van der Waals surface area contributed by atoms with E-state index in [4.69, 9.17) is 4.74 Å². The third-order valence-electron chi connectivity index (χ3n) is 3.60. The summed E-state index contributed by atoms with van der Waals surface area (Å²) in [5.74, 6) is 0.631. The molecule has 1 fully saturated rings. The van der Waals surface area contributed by atoms with Crippen molar-refractivity contribution in [3.05, 3.63) is 0 Å². The van der Waals surface area contributed by atoms with Crippen LogP contribution in [0, 0.1) is 11.8 Å². The summed E-state index contributed by atoms with van der Waals surface area (Å²) in [6.45, 7) is 4.71. The number of ether oxygens (including phenoxy) is 1. The van der Waals surface area contributed by atoms with E-state index in [-0.39, 0.29) is 18.5 Å². The van der Waals surface area contributed by atoms with Crippen molar-refractivity contribution in [3.8, 4) is 0 Å². The Morgan fingerprint density at radius 3 is 2.53 bits per heavy atom. The molecule has 1 N–H and O–H groups in total. The highest BCUT2D eigenvalue weighted by Gasteiger charge is 2.14. The fourth-order valence-corrected chi connectivity index (χ4v) is 2.33. The zero-order valence-corrected chi connectivity index (χ0v) is 12.2. The molecule has 0 bridgehead atoms. The minimum atomic E-state index is -0.276. The summed E-state index contributed by atoms with van der Waals surface area (Å²) in [6, 6.07) is 0. The molecule has 1 aliphatic rings. The Bertz CT molecular complexity index is 283. The quantitative estimate of drug-likeness (QED) is 0.723. The molecule has 1 aliphatic carbocycles. The average Bonchev–Trinajstić information content (AvgIpc) is 2.41. The molecule has 1 amide bonds. The SMILES string of the molecule is CC(C)CCC(=O)OCC(=O)NCC1CCCCC1. The van der Waals surface area contributed by atoms with Gasteiger partial charge in [0.25, 0.3) is 5.91 Å². The van der Waals surface area contributed by atoms with Crippen LogP contribution < -0.4 is 5.32 Å². The fourth-order valence-electron chi connectivity index (χ4n) is 2.33. The number of amides is 1. The van der Waals surface area contributed by atoms with Crippen molar-refractivity contribution in [1.29, 1.82) is 0 Å². The van der Waals surface area contributed by atoms with Crippen molar-refractivity contribution < 1.29 is 14.3 Å². The van der Waals surface area contributed by atoms with Crippen LogP contribution in [0.2, 0.25) is 0 Å². The zero-order chi connectivity index (χ0) is 14.1. The molecule has 0 heterocycles. The van der Waals surface area contributed by atoms with E-state index < -0.39 is 0 Å². The van der Waals surface area contributed by atoms with Crippen molar-refractivity contribution in [2.24, 2.45) is 11.8 Å². The summed E-state index contributed by atoms with van der Waals surface area (Å²) in [7, 11) is 0. The first kappa shape index (κ1) is 16.0. The van der Waals surface area contributed by atoms with Gasteiger partial charge in [-0.15, -0.1) is 0 Å². The molecular weight excluding hydrogens is 242 g/mol. The van der Waals surface area contributed by atoms with Crippen LogP contribution in [-0.2, 0) is 14.3 Å². The Hall–Kier alpha value is -1.06. The van der Waals surface area contributed by atoms with E-state index in [9.17, 15) is 9.59 Å². The highest BCUT2D eigenvalue weighted by Crippen LogP contribution is 2.22. The Morgan fingerprint density at radius 1 is 1.21 bits per heavy atom. The van der Waals surface area contributed by atoms with Crippen molar-refractivity contribution in [2.75, 3.05) is 13.2 Å². The van der Waals surface area contributed by atoms with Gasteiger partial charge in [-0.05, 0) is 31.1 Å². The molecule has 1 rings (SSSR count). The molecule has 0 spiro atoms. The second kappa shape index (κ2) is 8.94. The number of rotatable bonds is 7. The normalized spacial score (nSPS) is 16.4. The molecule has 0 atom stereocenters. The molecule has 110 valence electrons. The molecule has 19 heavy (non-hydrogen) atoms. The zero-order valence-electron chi connectivity index (χ0n) is 12.2. The van der Waals surface area contributed by atoms with Gasteiger partial charge in [0.15, 0.2) is 6.61 Å². The number of carbonyl (C=O) groups excluding carboxylic acids is 2. The molecule has 0 aromatic carbocycles. The summed E-state index contributed by atoms with van der Waals surface area (Å²) >= 11 is 0. The highest BCUT2D eigenvalue weighted by molar-refractivity contribution is 5.80. The molecular formula is C15H27NO3. The average molecular weight is 269 g/mol. The van der Waals surface area contributed by atoms with E-state index in [0.717, 1.165) is 13.0 Å². The van der Waals surface area contributed by atoms with E-state index in [1.807, 2.05) is 0 Å². The van der Waals surface area contributed by atoms with Gasteiger partial charge in [-0.3, -0.25) is 9.59 Å². The second-order valence-electron chi connectivity index (χ2n) is 5.90. The van der Waals surface area contributed by atoms with Crippen LogP contribution in [0.1, 0.15) is 58.8 Å². The summed E-state index contributed by atoms with van der Waals surface area (Å²) in [6.07, 6.45) is 7.46. The third-order valence-corrected chi connectivity index (χ3v) is 3.60. The van der Waals surface area contributed by atoms with Gasteiger partial charge >= 0.3 is 5.97 Å². The van der Waals surface area contributed by atoms with Gasteiger partial charge in [-0.25, -0.2) is 0 Å². The largest absolute Gasteiger partial charge is 0.456 e. The number of carbonyl (C=O) groups is 2. The molecule has 0 unspecified atom stereocenters. The Morgan fingerprint density at radius 2 is 1.89 bits per heavy atom. The summed E-state index contributed by atoms with van der Waals surface area (Å²) in [5, 5.41) is 2.86. The van der Waals surface area contributed by atoms with Gasteiger partial charge in [-0.1, -0.05) is 33.1 Å². The van der Waals surface area contributed by atoms with E-state index >= 15 is 0 Å². The third kappa shape index (κ3) is 7.85. The van der Waals surface area contributed by atoms with Crippen molar-refractivity contribution in [3.63, 3.8) is 0 Å². The molecule has 1 saturated carbocycles. The summed E-state index contributed by atoms with van der Waals surface area (Å²) in [4.78, 5) is 22.9. The standard InChI is InChI=1S/C15H27NO3/c1-12(2)8-9-15(18)19-11-14(17)16-10-13-6-4-3-5-7-13/h12-13H,3-11H2,1-2H3,(H,16,17). The number of hydrogen-bond donors (Lipinski definition) is 1. The predicted octanol–water partition coefficient (Wildman–Crippen LogP) is 2.66. The van der Waals surface area contributed by atoms with Crippen LogP contribution in [0.3, 0.4) is 0 Å². The van der Waals surface area contributed by atoms with Crippen molar-refractivity contribution in [1.82, 2.24) is 5.32 Å². The van der Waals surface area contributed by atoms with Gasteiger partial charge in [0.2, 0.25) is 0 Å². The lowest BCUT2D eigenvalue weighted by atomic mass is 9.89. The topological polar surface area (TPSA) is 55.4 Å². The van der Waals surface area contributed by atoms with E-state index in [1.165, 1.54) is 32.1 Å². The van der Waals surface area contributed by atoms with E-state index in [2.05, 4.69) is 19.2 Å². The van der Waals surface area contributed by atoms with Gasteiger partial charge < -0.3 is 10.1 Å². The minimum absolute atomic E-state index is 0.135. The van der Waals surface area contributed by atoms with E-state index in [0.29, 0.717) is 18.3 Å². The van der Waals surface area contributed by atoms with Gasteiger partial charge in [0, 0.05) is 13.0 Å². The van der Waals surface area contributed by atoms with Crippen LogP contribution in [0.4, 0.5) is 0 Å². The predicted molar refractivity (Wildman–Crippen MR) is 74.6 cm³/mol. The van der Waals surface area contributed by atoms with E-state index in [1.54, 1.807) is 0 Å². The molecule has 4 nitrogen and oxygen atoms in total. The van der Waals surface area contributed by atoms with Crippen LogP contribution >= 0.6 is 0 Å². The monoisotopic (exact) mass is 269 g/mol. The number of nitrogens with one attached hydrogen (secondary N) is 1. The van der Waals surface area contributed by atoms with Crippen LogP contribution in [0.25, 0.3) is 0 Å². The minimum Gasteiger partial charge on any atom is -0.456 e. The summed E-state index contributed by atoms with van der Waals surface area (Å²) < 4.78 is 4.94. The van der Waals surface area contributed by atoms with Crippen LogP contribution in [0.5, 0.6) is 0 Å². The van der Waals surface area contributed by atoms with Gasteiger partial charge in [0.05, 0.1) is 0 Å². The molecule has 0 aromatic rings. The Labute approximate surface area is 116 Å². The molecule has 0 radical (unpaired) electrons. The first-order valence-electron chi connectivity index (χ1n) is 7.50. The van der Waals surface area contributed by atoms with Gasteiger partial charge in [-0.2, -0.15) is 0 Å². The smallest absolute Gasteiger partial charge is 0.306 e.